The van der Waals surface area contributed by atoms with Gasteiger partial charge in [-0.3, -0.25) is 9.05 Å². The Bertz CT molecular complexity index is 464. The summed E-state index contributed by atoms with van der Waals surface area (Å²) in [6.45, 7) is 6.30. The molecule has 0 saturated heterocycles. The maximum Gasteiger partial charge on any atom is 0.472 e. The third-order valence-electron chi connectivity index (χ3n) is 5.66. The van der Waals surface area contributed by atoms with Crippen LogP contribution in [-0.4, -0.2) is 76.7 Å². The van der Waals surface area contributed by atoms with Crippen molar-refractivity contribution in [3.63, 3.8) is 0 Å². The van der Waals surface area contributed by atoms with E-state index in [9.17, 15) is 9.46 Å². The summed E-state index contributed by atoms with van der Waals surface area (Å²) in [5, 5.41) is 0. The second-order valence-corrected chi connectivity index (χ2v) is 11.4. The van der Waals surface area contributed by atoms with Crippen molar-refractivity contribution in [3.05, 3.63) is 0 Å². The number of hydrogen-bond donors (Lipinski definition) is 1. The Balaban J connectivity index is 3.86. The number of ether oxygens (including phenoxy) is 2. The molecule has 32 heavy (non-hydrogen) atoms. The van der Waals surface area contributed by atoms with Crippen LogP contribution in [0.1, 0.15) is 84.5 Å². The average Bonchev–Trinajstić information content (AvgIpc) is 2.72. The normalized spacial score (nSPS) is 15.2. The Labute approximate surface area is 198 Å². The second kappa shape index (κ2) is 19.3. The summed E-state index contributed by atoms with van der Waals surface area (Å²) in [6, 6.07) is 0. The van der Waals surface area contributed by atoms with Gasteiger partial charge in [-0.05, 0) is 12.3 Å². The highest BCUT2D eigenvalue weighted by Gasteiger charge is 2.24. The lowest BCUT2D eigenvalue weighted by Gasteiger charge is -2.24. The second-order valence-electron chi connectivity index (χ2n) is 9.90. The van der Waals surface area contributed by atoms with Crippen molar-refractivity contribution < 1.29 is 32.5 Å². The average molecular weight is 483 g/mol. The van der Waals surface area contributed by atoms with Gasteiger partial charge in [0.05, 0.1) is 34.4 Å². The summed E-state index contributed by atoms with van der Waals surface area (Å²) < 4.78 is 33.7. The van der Waals surface area contributed by atoms with Crippen molar-refractivity contribution in [2.45, 2.75) is 90.6 Å². The van der Waals surface area contributed by atoms with Crippen molar-refractivity contribution in [1.29, 1.82) is 0 Å². The highest BCUT2D eigenvalue weighted by Crippen LogP contribution is 2.43. The van der Waals surface area contributed by atoms with Crippen LogP contribution in [-0.2, 0) is 23.1 Å². The Morgan fingerprint density at radius 2 is 1.41 bits per heavy atom. The zero-order valence-corrected chi connectivity index (χ0v) is 22.7. The number of nitrogens with zero attached hydrogens (tertiary/aromatic N) is 1. The minimum atomic E-state index is -4.07. The van der Waals surface area contributed by atoms with Crippen LogP contribution >= 0.6 is 7.82 Å². The number of phosphoric ester groups is 1. The van der Waals surface area contributed by atoms with E-state index in [1.165, 1.54) is 64.2 Å². The predicted octanol–water partition coefficient (Wildman–Crippen LogP) is 5.80. The van der Waals surface area contributed by atoms with Crippen LogP contribution in [0.5, 0.6) is 0 Å². The van der Waals surface area contributed by atoms with E-state index in [4.69, 9.17) is 18.5 Å². The molecule has 0 radical (unpaired) electrons. The first-order valence-corrected chi connectivity index (χ1v) is 14.2. The predicted molar refractivity (Wildman–Crippen MR) is 132 cm³/mol. The molecular weight excluding hydrogens is 429 g/mol. The standard InChI is InChI=1S/C24H52NO6P/c1-7-9-15-23(16-10-8-2)17-13-11-12-14-19-29-21-24(28-6)22-31-32(26,27)30-20-18-25(3,4)5/h23-24H,7-22H2,1-6H3/p+1. The van der Waals surface area contributed by atoms with Gasteiger partial charge in [0.2, 0.25) is 0 Å². The largest absolute Gasteiger partial charge is 0.472 e. The van der Waals surface area contributed by atoms with E-state index in [-0.39, 0.29) is 13.2 Å². The zero-order valence-electron chi connectivity index (χ0n) is 21.9. The summed E-state index contributed by atoms with van der Waals surface area (Å²) in [6.07, 6.45) is 13.8. The van der Waals surface area contributed by atoms with Crippen molar-refractivity contribution in [2.24, 2.45) is 5.92 Å². The molecule has 7 nitrogen and oxygen atoms in total. The molecule has 0 heterocycles. The van der Waals surface area contributed by atoms with Gasteiger partial charge in [0.25, 0.3) is 0 Å². The van der Waals surface area contributed by atoms with Gasteiger partial charge in [0.15, 0.2) is 0 Å². The molecule has 0 saturated carbocycles. The van der Waals surface area contributed by atoms with Gasteiger partial charge in [0.1, 0.15) is 19.3 Å². The molecule has 8 heteroatoms. The van der Waals surface area contributed by atoms with E-state index >= 15 is 0 Å². The number of hydrogen-bond acceptors (Lipinski definition) is 5. The molecule has 1 N–H and O–H groups in total. The maximum absolute atomic E-state index is 12.0. The van der Waals surface area contributed by atoms with Crippen LogP contribution in [0.25, 0.3) is 0 Å². The molecule has 0 aliphatic heterocycles. The van der Waals surface area contributed by atoms with Crippen LogP contribution in [0.3, 0.4) is 0 Å². The molecule has 0 bridgehead atoms. The third-order valence-corrected chi connectivity index (χ3v) is 6.64. The van der Waals surface area contributed by atoms with Crippen LogP contribution in [0.4, 0.5) is 0 Å². The Kier molecular flexibility index (Phi) is 19.3. The van der Waals surface area contributed by atoms with E-state index in [1.54, 1.807) is 7.11 Å². The van der Waals surface area contributed by atoms with Gasteiger partial charge in [-0.15, -0.1) is 0 Å². The molecule has 2 atom stereocenters. The Morgan fingerprint density at radius 3 is 1.97 bits per heavy atom. The summed E-state index contributed by atoms with van der Waals surface area (Å²) in [4.78, 5) is 9.79. The lowest BCUT2D eigenvalue weighted by atomic mass is 9.91. The fraction of sp³-hybridized carbons (Fsp3) is 1.00. The minimum absolute atomic E-state index is 0.0361. The smallest absolute Gasteiger partial charge is 0.379 e. The topological polar surface area (TPSA) is 74.2 Å². The summed E-state index contributed by atoms with van der Waals surface area (Å²) in [5.41, 5.74) is 0. The molecule has 0 fully saturated rings. The van der Waals surface area contributed by atoms with E-state index in [2.05, 4.69) is 13.8 Å². The van der Waals surface area contributed by atoms with E-state index in [0.717, 1.165) is 12.3 Å². The molecule has 0 aromatic carbocycles. The van der Waals surface area contributed by atoms with Gasteiger partial charge >= 0.3 is 7.82 Å². The van der Waals surface area contributed by atoms with Gasteiger partial charge in [-0.25, -0.2) is 4.57 Å². The quantitative estimate of drug-likeness (QED) is 0.113. The first-order valence-electron chi connectivity index (χ1n) is 12.7. The van der Waals surface area contributed by atoms with E-state index < -0.39 is 13.9 Å². The van der Waals surface area contributed by atoms with Gasteiger partial charge in [-0.1, -0.05) is 78.1 Å². The molecule has 0 aromatic heterocycles. The number of likely N-dealkylation sites (N-methyl/N-ethyl adjacent to an activating group) is 1. The van der Waals surface area contributed by atoms with Crippen LogP contribution < -0.4 is 0 Å². The lowest BCUT2D eigenvalue weighted by Crippen LogP contribution is -2.37. The van der Waals surface area contributed by atoms with Crippen molar-refractivity contribution >= 4 is 7.82 Å². The lowest BCUT2D eigenvalue weighted by molar-refractivity contribution is -0.870. The molecule has 0 aromatic rings. The van der Waals surface area contributed by atoms with Gasteiger partial charge in [-0.2, -0.15) is 0 Å². The molecule has 0 spiro atoms. The number of unbranched alkanes of at least 4 members (excludes halogenated alkanes) is 5. The van der Waals surface area contributed by atoms with Crippen molar-refractivity contribution in [1.82, 2.24) is 0 Å². The van der Waals surface area contributed by atoms with Crippen LogP contribution in [0.15, 0.2) is 0 Å². The third kappa shape index (κ3) is 20.6. The van der Waals surface area contributed by atoms with Gasteiger partial charge < -0.3 is 18.9 Å². The van der Waals surface area contributed by atoms with Crippen LogP contribution in [0.2, 0.25) is 0 Å². The molecule has 194 valence electrons. The highest BCUT2D eigenvalue weighted by atomic mass is 31.2. The molecule has 0 aliphatic carbocycles. The highest BCUT2D eigenvalue weighted by molar-refractivity contribution is 7.47. The fourth-order valence-electron chi connectivity index (χ4n) is 3.45. The Morgan fingerprint density at radius 1 is 0.812 bits per heavy atom. The minimum Gasteiger partial charge on any atom is -0.379 e. The number of phosphoric acid groups is 1. The summed E-state index contributed by atoms with van der Waals surface area (Å²) in [7, 11) is 3.44. The van der Waals surface area contributed by atoms with E-state index in [1.807, 2.05) is 21.1 Å². The number of rotatable bonds is 23. The maximum atomic E-state index is 12.0. The summed E-state index contributed by atoms with van der Waals surface area (Å²) in [5.74, 6) is 0.910. The molecule has 0 rings (SSSR count). The van der Waals surface area contributed by atoms with Crippen molar-refractivity contribution in [3.8, 4) is 0 Å². The fourth-order valence-corrected chi connectivity index (χ4v) is 4.19. The number of methoxy groups -OCH3 is 1. The Hall–Kier alpha value is -0.0100. The van der Waals surface area contributed by atoms with Crippen LogP contribution in [0, 0.1) is 5.92 Å². The zero-order chi connectivity index (χ0) is 24.3. The van der Waals surface area contributed by atoms with Gasteiger partial charge in [0, 0.05) is 13.7 Å². The summed E-state index contributed by atoms with van der Waals surface area (Å²) >= 11 is 0. The van der Waals surface area contributed by atoms with E-state index in [0.29, 0.717) is 24.2 Å². The molecule has 0 amide bonds. The number of quaternary nitrogens is 1. The first kappa shape index (κ1) is 32.0. The van der Waals surface area contributed by atoms with Crippen molar-refractivity contribution in [2.75, 3.05) is 61.2 Å². The SMILES string of the molecule is CCCCC(CCCC)CCCCCCOCC(COP(=O)(O)OCC[N+](C)(C)C)OC. The molecular formula is C24H53NO6P+. The molecule has 2 unspecified atom stereocenters. The monoisotopic (exact) mass is 482 g/mol. The first-order chi connectivity index (χ1) is 15.1. The molecule has 0 aliphatic rings.